The van der Waals surface area contributed by atoms with Crippen molar-refractivity contribution in [2.24, 2.45) is 0 Å². The van der Waals surface area contributed by atoms with Crippen molar-refractivity contribution < 1.29 is 24.5 Å². The summed E-state index contributed by atoms with van der Waals surface area (Å²) in [4.78, 5) is 24.1. The third-order valence-electron chi connectivity index (χ3n) is 3.02. The fourth-order valence-corrected chi connectivity index (χ4v) is 1.97. The maximum absolute atomic E-state index is 12.0. The average molecular weight is 279 g/mol. The van der Waals surface area contributed by atoms with Crippen LogP contribution in [0.4, 0.5) is 0 Å². The molecule has 0 radical (unpaired) electrons. The number of aliphatic carboxylic acids is 1. The normalized spacial score (nSPS) is 14.0. The maximum Gasteiger partial charge on any atom is 0.329 e. The Hall–Kier alpha value is -2.08. The number of aromatic hydroxyl groups is 1. The van der Waals surface area contributed by atoms with E-state index in [1.165, 1.54) is 0 Å². The molecule has 1 amide bonds. The molecule has 0 unspecified atom stereocenters. The van der Waals surface area contributed by atoms with Crippen LogP contribution in [0.15, 0.2) is 24.3 Å². The molecule has 0 bridgehead atoms. The van der Waals surface area contributed by atoms with E-state index in [0.717, 1.165) is 18.4 Å². The molecule has 108 valence electrons. The van der Waals surface area contributed by atoms with E-state index in [0.29, 0.717) is 6.54 Å². The molecule has 1 aliphatic carbocycles. The van der Waals surface area contributed by atoms with Gasteiger partial charge in [0.25, 0.3) is 0 Å². The van der Waals surface area contributed by atoms with Crippen molar-refractivity contribution in [1.29, 1.82) is 0 Å². The van der Waals surface area contributed by atoms with Gasteiger partial charge in [0.15, 0.2) is 0 Å². The molecule has 0 spiro atoms. The van der Waals surface area contributed by atoms with Crippen LogP contribution < -0.4 is 0 Å². The summed E-state index contributed by atoms with van der Waals surface area (Å²) >= 11 is 0. The number of amides is 1. The summed E-state index contributed by atoms with van der Waals surface area (Å²) in [5, 5.41) is 17.9. The summed E-state index contributed by atoms with van der Waals surface area (Å²) in [6, 6.07) is 6.93. The van der Waals surface area contributed by atoms with E-state index in [9.17, 15) is 14.7 Å². The minimum Gasteiger partial charge on any atom is -0.508 e. The molecule has 6 nitrogen and oxygen atoms in total. The van der Waals surface area contributed by atoms with Crippen molar-refractivity contribution in [2.45, 2.75) is 25.4 Å². The number of nitrogens with zero attached hydrogens (tertiary/aromatic N) is 1. The molecule has 20 heavy (non-hydrogen) atoms. The van der Waals surface area contributed by atoms with Crippen molar-refractivity contribution in [3.63, 3.8) is 0 Å². The summed E-state index contributed by atoms with van der Waals surface area (Å²) in [7, 11) is 0. The minimum absolute atomic E-state index is 0.160. The number of hydrogen-bond donors (Lipinski definition) is 2. The molecule has 1 aromatic carbocycles. The summed E-state index contributed by atoms with van der Waals surface area (Å²) in [6.07, 6.45) is 1.90. The molecular formula is C14H17NO5. The van der Waals surface area contributed by atoms with Crippen LogP contribution in [0.5, 0.6) is 5.75 Å². The van der Waals surface area contributed by atoms with Gasteiger partial charge in [0.1, 0.15) is 19.0 Å². The smallest absolute Gasteiger partial charge is 0.329 e. The molecule has 0 atom stereocenters. The minimum atomic E-state index is -1.09. The Bertz CT molecular complexity index is 498. The largest absolute Gasteiger partial charge is 0.508 e. The molecule has 1 aromatic rings. The molecule has 2 rings (SSSR count). The molecule has 0 saturated heterocycles. The van der Waals surface area contributed by atoms with E-state index < -0.39 is 12.6 Å². The predicted octanol–water partition coefficient (Wildman–Crippen LogP) is 0.984. The highest BCUT2D eigenvalue weighted by molar-refractivity contribution is 5.78. The van der Waals surface area contributed by atoms with Crippen LogP contribution in [0.25, 0.3) is 0 Å². The Morgan fingerprint density at radius 3 is 2.65 bits per heavy atom. The Morgan fingerprint density at radius 2 is 2.05 bits per heavy atom. The number of phenolic OH excluding ortho intramolecular Hbond substituents is 1. The van der Waals surface area contributed by atoms with Crippen molar-refractivity contribution >= 4 is 11.9 Å². The number of carbonyl (C=O) groups is 2. The van der Waals surface area contributed by atoms with E-state index in [-0.39, 0.29) is 24.3 Å². The van der Waals surface area contributed by atoms with Gasteiger partial charge in [-0.1, -0.05) is 12.1 Å². The average Bonchev–Trinajstić information content (AvgIpc) is 3.19. The second kappa shape index (κ2) is 6.38. The van der Waals surface area contributed by atoms with Crippen LogP contribution in [0.1, 0.15) is 18.4 Å². The van der Waals surface area contributed by atoms with Gasteiger partial charge in [-0.15, -0.1) is 0 Å². The van der Waals surface area contributed by atoms with Crippen molar-refractivity contribution in [1.82, 2.24) is 4.90 Å². The van der Waals surface area contributed by atoms with Gasteiger partial charge in [0.2, 0.25) is 5.91 Å². The van der Waals surface area contributed by atoms with Gasteiger partial charge in [-0.05, 0) is 30.5 Å². The van der Waals surface area contributed by atoms with Crippen molar-refractivity contribution in [2.75, 3.05) is 13.2 Å². The third kappa shape index (κ3) is 4.24. The lowest BCUT2D eigenvalue weighted by Crippen LogP contribution is -2.35. The van der Waals surface area contributed by atoms with Gasteiger partial charge in [-0.3, -0.25) is 4.79 Å². The molecule has 1 saturated carbocycles. The highest BCUT2D eigenvalue weighted by Gasteiger charge is 2.32. The molecule has 2 N–H and O–H groups in total. The number of phenols is 1. The number of hydrogen-bond acceptors (Lipinski definition) is 4. The second-order valence-electron chi connectivity index (χ2n) is 4.81. The van der Waals surface area contributed by atoms with E-state index in [4.69, 9.17) is 9.84 Å². The summed E-state index contributed by atoms with van der Waals surface area (Å²) in [5.74, 6) is -1.16. The fourth-order valence-electron chi connectivity index (χ4n) is 1.97. The highest BCUT2D eigenvalue weighted by Crippen LogP contribution is 2.29. The number of carboxylic acid groups (broad SMARTS) is 1. The van der Waals surface area contributed by atoms with Gasteiger partial charge in [-0.25, -0.2) is 4.79 Å². The number of carbonyl (C=O) groups excluding carboxylic acids is 1. The van der Waals surface area contributed by atoms with Gasteiger partial charge in [-0.2, -0.15) is 0 Å². The number of ether oxygens (including phenoxy) is 1. The Morgan fingerprint density at radius 1 is 1.30 bits per heavy atom. The quantitative estimate of drug-likeness (QED) is 0.777. The van der Waals surface area contributed by atoms with Crippen molar-refractivity contribution in [3.8, 4) is 5.75 Å². The zero-order valence-corrected chi connectivity index (χ0v) is 11.0. The SMILES string of the molecule is O=C(O)COCC(=O)N(Cc1cccc(O)c1)C1CC1. The van der Waals surface area contributed by atoms with E-state index >= 15 is 0 Å². The van der Waals surface area contributed by atoms with Crippen LogP contribution in [-0.2, 0) is 20.9 Å². The molecule has 0 aromatic heterocycles. The first-order chi connectivity index (χ1) is 9.56. The zero-order valence-electron chi connectivity index (χ0n) is 11.0. The fraction of sp³-hybridized carbons (Fsp3) is 0.429. The number of rotatable bonds is 7. The lowest BCUT2D eigenvalue weighted by atomic mass is 10.2. The zero-order chi connectivity index (χ0) is 14.5. The molecule has 1 aliphatic rings. The number of benzene rings is 1. The monoisotopic (exact) mass is 279 g/mol. The highest BCUT2D eigenvalue weighted by atomic mass is 16.5. The van der Waals surface area contributed by atoms with E-state index in [2.05, 4.69) is 0 Å². The van der Waals surface area contributed by atoms with Crippen LogP contribution in [0, 0.1) is 0 Å². The van der Waals surface area contributed by atoms with E-state index in [1.54, 1.807) is 23.1 Å². The standard InChI is InChI=1S/C14H17NO5/c16-12-3-1-2-10(6-12)7-15(11-4-5-11)13(17)8-20-9-14(18)19/h1-3,6,11,16H,4-5,7-9H2,(H,18,19). The third-order valence-corrected chi connectivity index (χ3v) is 3.02. The second-order valence-corrected chi connectivity index (χ2v) is 4.81. The summed E-state index contributed by atoms with van der Waals surface area (Å²) in [6.45, 7) is -0.313. The molecular weight excluding hydrogens is 262 g/mol. The van der Waals surface area contributed by atoms with Crippen LogP contribution in [-0.4, -0.2) is 46.2 Å². The van der Waals surface area contributed by atoms with Crippen LogP contribution >= 0.6 is 0 Å². The topological polar surface area (TPSA) is 87.1 Å². The summed E-state index contributed by atoms with van der Waals surface area (Å²) < 4.78 is 4.84. The van der Waals surface area contributed by atoms with Crippen LogP contribution in [0.2, 0.25) is 0 Å². The molecule has 1 fully saturated rings. The summed E-state index contributed by atoms with van der Waals surface area (Å²) in [5.41, 5.74) is 0.837. The Labute approximate surface area is 116 Å². The lowest BCUT2D eigenvalue weighted by molar-refractivity contribution is -0.146. The Kier molecular flexibility index (Phi) is 4.57. The van der Waals surface area contributed by atoms with Crippen LogP contribution in [0.3, 0.4) is 0 Å². The maximum atomic E-state index is 12.0. The van der Waals surface area contributed by atoms with Gasteiger partial charge in [0, 0.05) is 12.6 Å². The van der Waals surface area contributed by atoms with Gasteiger partial charge >= 0.3 is 5.97 Å². The first kappa shape index (κ1) is 14.3. The van der Waals surface area contributed by atoms with Gasteiger partial charge < -0.3 is 19.8 Å². The lowest BCUT2D eigenvalue weighted by Gasteiger charge is -2.22. The molecule has 6 heteroatoms. The van der Waals surface area contributed by atoms with E-state index in [1.807, 2.05) is 6.07 Å². The molecule has 0 aliphatic heterocycles. The predicted molar refractivity (Wildman–Crippen MR) is 70.1 cm³/mol. The van der Waals surface area contributed by atoms with Crippen molar-refractivity contribution in [3.05, 3.63) is 29.8 Å². The van der Waals surface area contributed by atoms with Gasteiger partial charge in [0.05, 0.1) is 0 Å². The number of carboxylic acids is 1. The first-order valence-corrected chi connectivity index (χ1v) is 6.43. The molecule has 0 heterocycles. The first-order valence-electron chi connectivity index (χ1n) is 6.43. The Balaban J connectivity index is 1.93.